The van der Waals surface area contributed by atoms with Crippen molar-refractivity contribution in [3.05, 3.63) is 29.8 Å². The second-order valence-corrected chi connectivity index (χ2v) is 10.2. The Hall–Kier alpha value is -2.79. The maximum Gasteiger partial charge on any atom is 0.326 e. The molecule has 5 atom stereocenters. The van der Waals surface area contributed by atoms with Crippen molar-refractivity contribution in [3.8, 4) is 5.75 Å². The highest BCUT2D eigenvalue weighted by Gasteiger charge is 2.32. The van der Waals surface area contributed by atoms with E-state index in [9.17, 15) is 29.4 Å². The molecule has 7 N–H and O–H groups in total. The van der Waals surface area contributed by atoms with E-state index in [1.165, 1.54) is 23.9 Å². The first kappa shape index (κ1) is 31.2. The Balaban J connectivity index is 3.10. The van der Waals surface area contributed by atoms with Gasteiger partial charge in [-0.15, -0.1) is 0 Å². The summed E-state index contributed by atoms with van der Waals surface area (Å²) in [4.78, 5) is 50.6. The van der Waals surface area contributed by atoms with E-state index in [1.54, 1.807) is 26.0 Å². The summed E-state index contributed by atoms with van der Waals surface area (Å²) in [5.74, 6) is -2.70. The number of carbonyl (C=O) groups is 4. The first-order chi connectivity index (χ1) is 16.9. The first-order valence-corrected chi connectivity index (χ1v) is 13.5. The minimum Gasteiger partial charge on any atom is -0.508 e. The summed E-state index contributed by atoms with van der Waals surface area (Å²) >= 11 is 1.47. The molecule has 0 bridgehead atoms. The van der Waals surface area contributed by atoms with Crippen LogP contribution in [0.5, 0.6) is 5.75 Å². The number of amides is 3. The summed E-state index contributed by atoms with van der Waals surface area (Å²) in [6, 6.07) is 2.25. The zero-order chi connectivity index (χ0) is 27.4. The Bertz CT molecular complexity index is 880. The number of nitrogens with two attached hydrogens (primary N) is 1. The molecule has 3 amide bonds. The molecule has 1 rings (SSSR count). The molecule has 0 heterocycles. The minimum atomic E-state index is -1.15. The fourth-order valence-corrected chi connectivity index (χ4v) is 3.87. The molecule has 0 aliphatic heterocycles. The maximum atomic E-state index is 13.3. The first-order valence-electron chi connectivity index (χ1n) is 12.1. The van der Waals surface area contributed by atoms with Gasteiger partial charge in [0.25, 0.3) is 0 Å². The predicted octanol–water partition coefficient (Wildman–Crippen LogP) is 1.26. The van der Waals surface area contributed by atoms with Crippen LogP contribution >= 0.6 is 11.8 Å². The van der Waals surface area contributed by atoms with Gasteiger partial charge in [0.1, 0.15) is 23.9 Å². The number of carboxylic acid groups (broad SMARTS) is 1. The quantitative estimate of drug-likeness (QED) is 0.199. The molecule has 1 aromatic rings. The van der Waals surface area contributed by atoms with E-state index < -0.39 is 47.9 Å². The molecule has 1 aromatic carbocycles. The van der Waals surface area contributed by atoms with Gasteiger partial charge in [-0.05, 0) is 48.0 Å². The molecular weight excluding hydrogens is 484 g/mol. The third-order valence-corrected chi connectivity index (χ3v) is 6.68. The van der Waals surface area contributed by atoms with E-state index in [2.05, 4.69) is 16.0 Å². The van der Waals surface area contributed by atoms with Crippen LogP contribution in [-0.4, -0.2) is 70.1 Å². The van der Waals surface area contributed by atoms with E-state index in [0.29, 0.717) is 17.7 Å². The van der Waals surface area contributed by atoms with Gasteiger partial charge in [0.2, 0.25) is 17.7 Å². The second kappa shape index (κ2) is 15.4. The molecule has 5 unspecified atom stereocenters. The maximum absolute atomic E-state index is 13.3. The smallest absolute Gasteiger partial charge is 0.326 e. The summed E-state index contributed by atoms with van der Waals surface area (Å²) < 4.78 is 0. The Morgan fingerprint density at radius 1 is 0.944 bits per heavy atom. The van der Waals surface area contributed by atoms with Crippen LogP contribution in [0.1, 0.15) is 46.1 Å². The van der Waals surface area contributed by atoms with Crippen LogP contribution in [0.3, 0.4) is 0 Å². The van der Waals surface area contributed by atoms with Crippen LogP contribution in [0.4, 0.5) is 0 Å². The summed E-state index contributed by atoms with van der Waals surface area (Å²) in [5, 5.41) is 26.9. The topological polar surface area (TPSA) is 171 Å². The summed E-state index contributed by atoms with van der Waals surface area (Å²) in [6.07, 6.45) is 2.87. The summed E-state index contributed by atoms with van der Waals surface area (Å²) in [7, 11) is 0. The number of hydrogen-bond acceptors (Lipinski definition) is 7. The lowest BCUT2D eigenvalue weighted by Gasteiger charge is -2.27. The molecule has 0 aromatic heterocycles. The molecule has 36 heavy (non-hydrogen) atoms. The van der Waals surface area contributed by atoms with E-state index >= 15 is 0 Å². The van der Waals surface area contributed by atoms with Gasteiger partial charge >= 0.3 is 5.97 Å². The third kappa shape index (κ3) is 10.1. The SMILES string of the molecule is CCC(C)C(N)C(=O)NC(Cc1ccc(O)cc1)C(=O)NC(C(=O)NC(CCSC)C(=O)O)C(C)C. The number of nitrogens with one attached hydrogen (secondary N) is 3. The standard InChI is InChI=1S/C25H40N4O6S/c1-6-15(4)20(26)23(32)28-19(13-16-7-9-17(30)10-8-16)22(31)29-21(14(2)3)24(33)27-18(25(34)35)11-12-36-5/h7-10,14-15,18-21,30H,6,11-13,26H2,1-5H3,(H,27,33)(H,28,32)(H,29,31)(H,34,35). The van der Waals surface area contributed by atoms with E-state index in [4.69, 9.17) is 5.73 Å². The molecule has 0 fully saturated rings. The average Bonchev–Trinajstić information content (AvgIpc) is 2.83. The Morgan fingerprint density at radius 3 is 2.03 bits per heavy atom. The average molecular weight is 525 g/mol. The number of carboxylic acids is 1. The van der Waals surface area contributed by atoms with E-state index in [1.807, 2.05) is 20.1 Å². The lowest BCUT2D eigenvalue weighted by molar-refractivity contribution is -0.142. The van der Waals surface area contributed by atoms with Crippen molar-refractivity contribution in [3.63, 3.8) is 0 Å². The molecule has 0 saturated heterocycles. The molecule has 11 heteroatoms. The van der Waals surface area contributed by atoms with Crippen molar-refractivity contribution in [2.45, 2.75) is 71.1 Å². The van der Waals surface area contributed by atoms with Crippen molar-refractivity contribution >= 4 is 35.5 Å². The third-order valence-electron chi connectivity index (χ3n) is 6.04. The number of rotatable bonds is 15. The number of carbonyl (C=O) groups excluding carboxylic acids is 3. The van der Waals surface area contributed by atoms with Gasteiger partial charge < -0.3 is 31.9 Å². The molecule has 0 saturated carbocycles. The highest BCUT2D eigenvalue weighted by atomic mass is 32.2. The van der Waals surface area contributed by atoms with Crippen LogP contribution < -0.4 is 21.7 Å². The second-order valence-electron chi connectivity index (χ2n) is 9.25. The monoisotopic (exact) mass is 524 g/mol. The number of aliphatic carboxylic acids is 1. The van der Waals surface area contributed by atoms with Crippen LogP contribution in [0.2, 0.25) is 0 Å². The zero-order valence-electron chi connectivity index (χ0n) is 21.6. The fraction of sp³-hybridized carbons (Fsp3) is 0.600. The van der Waals surface area contributed by atoms with Crippen molar-refractivity contribution < 1.29 is 29.4 Å². The van der Waals surface area contributed by atoms with E-state index in [-0.39, 0.29) is 30.4 Å². The van der Waals surface area contributed by atoms with Crippen LogP contribution in [0, 0.1) is 11.8 Å². The van der Waals surface area contributed by atoms with Crippen molar-refractivity contribution in [1.82, 2.24) is 16.0 Å². The van der Waals surface area contributed by atoms with Crippen LogP contribution in [0.15, 0.2) is 24.3 Å². The summed E-state index contributed by atoms with van der Waals surface area (Å²) in [6.45, 7) is 7.21. The molecule has 0 radical (unpaired) electrons. The number of benzene rings is 1. The van der Waals surface area contributed by atoms with Gasteiger partial charge in [0, 0.05) is 6.42 Å². The van der Waals surface area contributed by atoms with Crippen LogP contribution in [-0.2, 0) is 25.6 Å². The molecule has 10 nitrogen and oxygen atoms in total. The Morgan fingerprint density at radius 2 is 1.53 bits per heavy atom. The van der Waals surface area contributed by atoms with Gasteiger partial charge in [0.15, 0.2) is 0 Å². The van der Waals surface area contributed by atoms with Gasteiger partial charge in [-0.25, -0.2) is 4.79 Å². The lowest BCUT2D eigenvalue weighted by Crippen LogP contribution is -2.59. The highest BCUT2D eigenvalue weighted by Crippen LogP contribution is 2.13. The minimum absolute atomic E-state index is 0.0635. The van der Waals surface area contributed by atoms with Crippen molar-refractivity contribution in [1.29, 1.82) is 0 Å². The molecule has 0 aliphatic rings. The van der Waals surface area contributed by atoms with Crippen LogP contribution in [0.25, 0.3) is 0 Å². The number of phenols is 1. The fourth-order valence-electron chi connectivity index (χ4n) is 3.40. The number of aromatic hydroxyl groups is 1. The molecular formula is C25H40N4O6S. The largest absolute Gasteiger partial charge is 0.508 e. The molecule has 202 valence electrons. The van der Waals surface area contributed by atoms with Gasteiger partial charge in [-0.1, -0.05) is 46.2 Å². The van der Waals surface area contributed by atoms with Gasteiger partial charge in [-0.3, -0.25) is 14.4 Å². The number of phenolic OH excluding ortho intramolecular Hbond substituents is 1. The predicted molar refractivity (Wildman–Crippen MR) is 141 cm³/mol. The number of thioether (sulfide) groups is 1. The normalized spacial score (nSPS) is 15.3. The van der Waals surface area contributed by atoms with Crippen molar-refractivity contribution in [2.75, 3.05) is 12.0 Å². The lowest BCUT2D eigenvalue weighted by atomic mass is 9.97. The zero-order valence-corrected chi connectivity index (χ0v) is 22.4. The Kier molecular flexibility index (Phi) is 13.3. The molecule has 0 aliphatic carbocycles. The summed E-state index contributed by atoms with van der Waals surface area (Å²) in [5.41, 5.74) is 6.74. The number of hydrogen-bond donors (Lipinski definition) is 6. The molecule has 0 spiro atoms. The highest BCUT2D eigenvalue weighted by molar-refractivity contribution is 7.98. The van der Waals surface area contributed by atoms with Gasteiger partial charge in [0.05, 0.1) is 6.04 Å². The van der Waals surface area contributed by atoms with Gasteiger partial charge in [-0.2, -0.15) is 11.8 Å². The van der Waals surface area contributed by atoms with Crippen molar-refractivity contribution in [2.24, 2.45) is 17.6 Å². The Labute approximate surface area is 217 Å². The van der Waals surface area contributed by atoms with E-state index in [0.717, 1.165) is 0 Å².